The van der Waals surface area contributed by atoms with Gasteiger partial charge in [0.25, 0.3) is 5.91 Å². The lowest BCUT2D eigenvalue weighted by Crippen LogP contribution is -2.26. The largest absolute Gasteiger partial charge is 0.369 e. The van der Waals surface area contributed by atoms with E-state index in [0.29, 0.717) is 12.1 Å². The molecule has 28 heavy (non-hydrogen) atoms. The topological polar surface area (TPSA) is 72.2 Å². The van der Waals surface area contributed by atoms with Crippen molar-refractivity contribution in [2.24, 2.45) is 5.73 Å². The van der Waals surface area contributed by atoms with Crippen molar-refractivity contribution in [3.05, 3.63) is 77.9 Å². The van der Waals surface area contributed by atoms with Crippen LogP contribution in [0.2, 0.25) is 0 Å². The Balaban J connectivity index is 1.49. The Morgan fingerprint density at radius 3 is 2.54 bits per heavy atom. The van der Waals surface area contributed by atoms with Crippen LogP contribution in [-0.2, 0) is 10.5 Å². The van der Waals surface area contributed by atoms with Gasteiger partial charge < -0.3 is 11.1 Å². The van der Waals surface area contributed by atoms with Crippen molar-refractivity contribution < 1.29 is 9.59 Å². The number of nitrogens with one attached hydrogen (secondary N) is 1. The van der Waals surface area contributed by atoms with Crippen molar-refractivity contribution in [3.8, 4) is 0 Å². The van der Waals surface area contributed by atoms with Gasteiger partial charge in [-0.05, 0) is 28.5 Å². The van der Waals surface area contributed by atoms with Gasteiger partial charge in [-0.3, -0.25) is 9.59 Å². The number of primary amides is 1. The van der Waals surface area contributed by atoms with Gasteiger partial charge in [0.05, 0.1) is 11.3 Å². The minimum atomic E-state index is -0.398. The summed E-state index contributed by atoms with van der Waals surface area (Å²) in [5, 5.41) is 5.49. The minimum absolute atomic E-state index is 0.127. The van der Waals surface area contributed by atoms with E-state index >= 15 is 0 Å². The van der Waals surface area contributed by atoms with Gasteiger partial charge in [0, 0.05) is 22.9 Å². The fourth-order valence-electron chi connectivity index (χ4n) is 2.86. The standard InChI is InChI=1S/C22H22N2O2S2/c23-21(25)15-28-20-11-4-3-10-19(20)22(26)24-12-13-27-14-17-8-5-7-16-6-1-2-9-18(16)17/h1-11H,12-15H2,(H2,23,25)(H,24,26). The molecule has 0 aliphatic heterocycles. The third kappa shape index (κ3) is 5.53. The molecule has 0 fully saturated rings. The van der Waals surface area contributed by atoms with Gasteiger partial charge in [-0.15, -0.1) is 11.8 Å². The number of rotatable bonds is 9. The number of fused-ring (bicyclic) bond motifs is 1. The fraction of sp³-hybridized carbons (Fsp3) is 0.182. The van der Waals surface area contributed by atoms with E-state index in [1.54, 1.807) is 17.8 Å². The minimum Gasteiger partial charge on any atom is -0.369 e. The highest BCUT2D eigenvalue weighted by Gasteiger charge is 2.11. The summed E-state index contributed by atoms with van der Waals surface area (Å²) >= 11 is 3.08. The Hall–Kier alpha value is -2.44. The maximum absolute atomic E-state index is 12.5. The van der Waals surface area contributed by atoms with Crippen LogP contribution in [0.5, 0.6) is 0 Å². The molecule has 3 rings (SSSR count). The van der Waals surface area contributed by atoms with E-state index in [9.17, 15) is 9.59 Å². The molecule has 0 bridgehead atoms. The first-order valence-electron chi connectivity index (χ1n) is 8.98. The van der Waals surface area contributed by atoms with E-state index in [4.69, 9.17) is 5.73 Å². The van der Waals surface area contributed by atoms with Crippen LogP contribution in [0.3, 0.4) is 0 Å². The van der Waals surface area contributed by atoms with Crippen LogP contribution in [0.1, 0.15) is 15.9 Å². The van der Waals surface area contributed by atoms with Crippen molar-refractivity contribution in [2.45, 2.75) is 10.6 Å². The van der Waals surface area contributed by atoms with Crippen molar-refractivity contribution in [1.82, 2.24) is 5.32 Å². The molecule has 144 valence electrons. The van der Waals surface area contributed by atoms with Gasteiger partial charge in [-0.2, -0.15) is 11.8 Å². The highest BCUT2D eigenvalue weighted by molar-refractivity contribution is 8.00. The van der Waals surface area contributed by atoms with E-state index in [1.165, 1.54) is 28.1 Å². The fourth-order valence-corrected chi connectivity index (χ4v) is 4.51. The van der Waals surface area contributed by atoms with Crippen LogP contribution < -0.4 is 11.1 Å². The van der Waals surface area contributed by atoms with E-state index < -0.39 is 5.91 Å². The molecule has 0 aliphatic rings. The summed E-state index contributed by atoms with van der Waals surface area (Å²) in [7, 11) is 0. The third-order valence-corrected chi connectivity index (χ3v) is 6.27. The third-order valence-electron chi connectivity index (χ3n) is 4.17. The molecule has 3 aromatic carbocycles. The first-order valence-corrected chi connectivity index (χ1v) is 11.1. The van der Waals surface area contributed by atoms with Gasteiger partial charge in [0.1, 0.15) is 0 Å². The molecular formula is C22H22N2O2S2. The second-order valence-corrected chi connectivity index (χ2v) is 8.32. The number of hydrogen-bond acceptors (Lipinski definition) is 4. The van der Waals surface area contributed by atoms with Gasteiger partial charge in [0.2, 0.25) is 5.91 Å². The zero-order chi connectivity index (χ0) is 19.8. The monoisotopic (exact) mass is 410 g/mol. The molecule has 0 unspecified atom stereocenters. The molecule has 0 spiro atoms. The molecular weight excluding hydrogens is 388 g/mol. The number of benzene rings is 3. The van der Waals surface area contributed by atoms with E-state index in [1.807, 2.05) is 24.3 Å². The number of carbonyl (C=O) groups excluding carboxylic acids is 2. The molecule has 0 aliphatic carbocycles. The second-order valence-electron chi connectivity index (χ2n) is 6.20. The van der Waals surface area contributed by atoms with Crippen molar-refractivity contribution in [2.75, 3.05) is 18.1 Å². The molecule has 0 heterocycles. The molecule has 3 N–H and O–H groups in total. The molecule has 0 aromatic heterocycles. The van der Waals surface area contributed by atoms with Gasteiger partial charge in [-0.25, -0.2) is 0 Å². The molecule has 0 atom stereocenters. The average Bonchev–Trinajstić information content (AvgIpc) is 2.72. The van der Waals surface area contributed by atoms with Crippen molar-refractivity contribution >= 4 is 46.1 Å². The Labute approximate surface area is 173 Å². The summed E-state index contributed by atoms with van der Waals surface area (Å²) < 4.78 is 0. The summed E-state index contributed by atoms with van der Waals surface area (Å²) in [6.45, 7) is 0.586. The molecule has 4 nitrogen and oxygen atoms in total. The van der Waals surface area contributed by atoms with Crippen LogP contribution in [-0.4, -0.2) is 29.9 Å². The number of nitrogens with two attached hydrogens (primary N) is 1. The van der Waals surface area contributed by atoms with Crippen LogP contribution in [0, 0.1) is 0 Å². The Kier molecular flexibility index (Phi) is 7.39. The second kappa shape index (κ2) is 10.2. The highest BCUT2D eigenvalue weighted by atomic mass is 32.2. The van der Waals surface area contributed by atoms with Gasteiger partial charge in [0.15, 0.2) is 0 Å². The van der Waals surface area contributed by atoms with E-state index in [2.05, 4.69) is 41.7 Å². The predicted molar refractivity (Wildman–Crippen MR) is 119 cm³/mol. The number of carbonyl (C=O) groups is 2. The smallest absolute Gasteiger partial charge is 0.252 e. The van der Waals surface area contributed by atoms with Crippen LogP contribution in [0.4, 0.5) is 0 Å². The Bertz CT molecular complexity index is 970. The van der Waals surface area contributed by atoms with E-state index in [0.717, 1.165) is 16.4 Å². The van der Waals surface area contributed by atoms with Crippen molar-refractivity contribution in [1.29, 1.82) is 0 Å². The number of thioether (sulfide) groups is 2. The van der Waals surface area contributed by atoms with Gasteiger partial charge >= 0.3 is 0 Å². The molecule has 6 heteroatoms. The summed E-state index contributed by atoms with van der Waals surface area (Å²) in [5.74, 6) is 1.36. The van der Waals surface area contributed by atoms with E-state index in [-0.39, 0.29) is 11.7 Å². The first kappa shape index (κ1) is 20.3. The van der Waals surface area contributed by atoms with Crippen LogP contribution >= 0.6 is 23.5 Å². The molecule has 0 radical (unpaired) electrons. The normalized spacial score (nSPS) is 10.7. The number of amides is 2. The lowest BCUT2D eigenvalue weighted by Gasteiger charge is -2.10. The van der Waals surface area contributed by atoms with Gasteiger partial charge in [-0.1, -0.05) is 54.6 Å². The molecule has 0 saturated carbocycles. The maximum atomic E-state index is 12.5. The summed E-state index contributed by atoms with van der Waals surface area (Å²) in [6, 6.07) is 22.0. The Morgan fingerprint density at radius 1 is 0.929 bits per heavy atom. The Morgan fingerprint density at radius 2 is 1.68 bits per heavy atom. The predicted octanol–water partition coefficient (Wildman–Crippen LogP) is 4.08. The molecule has 2 amide bonds. The first-order chi connectivity index (χ1) is 13.6. The van der Waals surface area contributed by atoms with Crippen LogP contribution in [0.25, 0.3) is 10.8 Å². The maximum Gasteiger partial charge on any atom is 0.252 e. The summed E-state index contributed by atoms with van der Waals surface area (Å²) in [5.41, 5.74) is 7.08. The lowest BCUT2D eigenvalue weighted by molar-refractivity contribution is -0.115. The molecule has 0 saturated heterocycles. The quantitative estimate of drug-likeness (QED) is 0.412. The SMILES string of the molecule is NC(=O)CSc1ccccc1C(=O)NCCSCc1cccc2ccccc12. The zero-order valence-electron chi connectivity index (χ0n) is 15.4. The zero-order valence-corrected chi connectivity index (χ0v) is 17.0. The highest BCUT2D eigenvalue weighted by Crippen LogP contribution is 2.23. The summed E-state index contributed by atoms with van der Waals surface area (Å²) in [6.07, 6.45) is 0. The molecule has 3 aromatic rings. The van der Waals surface area contributed by atoms with Crippen LogP contribution in [0.15, 0.2) is 71.6 Å². The number of hydrogen-bond donors (Lipinski definition) is 2. The summed E-state index contributed by atoms with van der Waals surface area (Å²) in [4.78, 5) is 24.2. The van der Waals surface area contributed by atoms with Crippen molar-refractivity contribution in [3.63, 3.8) is 0 Å². The lowest BCUT2D eigenvalue weighted by atomic mass is 10.1. The average molecular weight is 411 g/mol.